The van der Waals surface area contributed by atoms with Crippen LogP contribution in [0.15, 0.2) is 90.1 Å². The van der Waals surface area contributed by atoms with Gasteiger partial charge in [-0.15, -0.1) is 6.58 Å². The molecule has 36 heavy (non-hydrogen) atoms. The van der Waals surface area contributed by atoms with Crippen molar-refractivity contribution in [1.82, 2.24) is 14.7 Å². The van der Waals surface area contributed by atoms with E-state index in [-0.39, 0.29) is 6.61 Å². The van der Waals surface area contributed by atoms with E-state index < -0.39 is 6.10 Å². The Morgan fingerprint density at radius 1 is 1.08 bits per heavy atom. The number of rotatable bonds is 13. The molecule has 0 saturated carbocycles. The number of ether oxygens (including phenoxy) is 2. The van der Waals surface area contributed by atoms with Crippen LogP contribution in [-0.2, 0) is 17.8 Å². The summed E-state index contributed by atoms with van der Waals surface area (Å²) in [6, 6.07) is 21.7. The molecule has 7 heteroatoms. The van der Waals surface area contributed by atoms with Gasteiger partial charge in [-0.05, 0) is 55.8 Å². The molecule has 2 aromatic heterocycles. The van der Waals surface area contributed by atoms with Gasteiger partial charge < -0.3 is 19.0 Å². The van der Waals surface area contributed by atoms with Crippen LogP contribution in [0.4, 0.5) is 0 Å². The molecule has 1 unspecified atom stereocenters. The zero-order valence-corrected chi connectivity index (χ0v) is 20.8. The van der Waals surface area contributed by atoms with Crippen molar-refractivity contribution in [2.45, 2.75) is 33.0 Å². The van der Waals surface area contributed by atoms with E-state index in [2.05, 4.69) is 11.5 Å². The zero-order valence-electron chi connectivity index (χ0n) is 20.8. The fourth-order valence-corrected chi connectivity index (χ4v) is 4.03. The molecule has 0 aliphatic carbocycles. The van der Waals surface area contributed by atoms with Crippen LogP contribution in [0.3, 0.4) is 0 Å². The Morgan fingerprint density at radius 2 is 1.92 bits per heavy atom. The Kier molecular flexibility index (Phi) is 8.73. The van der Waals surface area contributed by atoms with E-state index in [9.17, 15) is 5.11 Å². The molecule has 1 N–H and O–H groups in total. The quantitative estimate of drug-likeness (QED) is 0.200. The van der Waals surface area contributed by atoms with Crippen molar-refractivity contribution in [2.24, 2.45) is 0 Å². The van der Waals surface area contributed by atoms with Crippen molar-refractivity contribution in [3.05, 3.63) is 108 Å². The number of aliphatic hydroxyl groups is 1. The molecule has 0 aliphatic rings. The molecule has 0 bridgehead atoms. The van der Waals surface area contributed by atoms with Crippen molar-refractivity contribution in [3.63, 3.8) is 0 Å². The average molecular weight is 488 g/mol. The zero-order chi connectivity index (χ0) is 25.3. The van der Waals surface area contributed by atoms with Gasteiger partial charge in [0.1, 0.15) is 11.5 Å². The number of nitrogens with zero attached hydrogens (tertiary/aromatic N) is 3. The Morgan fingerprint density at radius 3 is 2.64 bits per heavy atom. The Bertz CT molecular complexity index is 1230. The molecule has 0 amide bonds. The third kappa shape index (κ3) is 6.73. The van der Waals surface area contributed by atoms with Crippen molar-refractivity contribution < 1.29 is 19.0 Å². The highest BCUT2D eigenvalue weighted by Gasteiger charge is 2.23. The van der Waals surface area contributed by atoms with Crippen LogP contribution in [0.5, 0.6) is 11.6 Å². The number of aromatic nitrogens is 2. The lowest BCUT2D eigenvalue weighted by Crippen LogP contribution is -2.34. The van der Waals surface area contributed by atoms with Crippen LogP contribution in [0.25, 0.3) is 5.69 Å². The number of benzene rings is 2. The van der Waals surface area contributed by atoms with Gasteiger partial charge in [0.05, 0.1) is 49.1 Å². The molecule has 0 spiro atoms. The Balaban J connectivity index is 1.67. The minimum absolute atomic E-state index is 0.218. The van der Waals surface area contributed by atoms with Crippen molar-refractivity contribution in [3.8, 4) is 17.3 Å². The molecule has 188 valence electrons. The summed E-state index contributed by atoms with van der Waals surface area (Å²) in [6.45, 7) is 9.69. The van der Waals surface area contributed by atoms with Gasteiger partial charge in [-0.2, -0.15) is 5.10 Å². The number of aliphatic hydroxyl groups excluding tert-OH is 1. The second-order valence-electron chi connectivity index (χ2n) is 8.76. The van der Waals surface area contributed by atoms with Crippen molar-refractivity contribution in [2.75, 3.05) is 19.8 Å². The van der Waals surface area contributed by atoms with E-state index >= 15 is 0 Å². The van der Waals surface area contributed by atoms with Crippen LogP contribution in [0.1, 0.15) is 22.6 Å². The fourth-order valence-electron chi connectivity index (χ4n) is 4.03. The topological polar surface area (TPSA) is 72.9 Å². The highest BCUT2D eigenvalue weighted by molar-refractivity contribution is 5.43. The summed E-state index contributed by atoms with van der Waals surface area (Å²) in [7, 11) is 0. The summed E-state index contributed by atoms with van der Waals surface area (Å²) < 4.78 is 19.4. The minimum atomic E-state index is -0.675. The van der Waals surface area contributed by atoms with Gasteiger partial charge in [-0.25, -0.2) is 4.68 Å². The highest BCUT2D eigenvalue weighted by atomic mass is 16.5. The Hall–Kier alpha value is -3.65. The van der Waals surface area contributed by atoms with Crippen LogP contribution in [0.2, 0.25) is 0 Å². The third-order valence-electron chi connectivity index (χ3n) is 5.70. The number of hydrogen-bond acceptors (Lipinski definition) is 6. The summed E-state index contributed by atoms with van der Waals surface area (Å²) in [5, 5.41) is 15.5. The fraction of sp³-hybridized carbons (Fsp3) is 0.276. The van der Waals surface area contributed by atoms with Gasteiger partial charge >= 0.3 is 0 Å². The third-order valence-corrected chi connectivity index (χ3v) is 5.70. The molecule has 4 rings (SSSR count). The molecule has 0 radical (unpaired) electrons. The SMILES string of the molecule is C=CCOCC(O)CN(Cc1ccco1)Cc1c(C)nn(-c2ccccc2)c1Oc1cccc(C)c1. The van der Waals surface area contributed by atoms with Gasteiger partial charge in [0.15, 0.2) is 0 Å². The lowest BCUT2D eigenvalue weighted by Gasteiger charge is -2.24. The molecule has 2 aromatic carbocycles. The first kappa shape index (κ1) is 25.4. The lowest BCUT2D eigenvalue weighted by molar-refractivity contribution is 0.0214. The van der Waals surface area contributed by atoms with E-state index in [0.717, 1.165) is 34.0 Å². The Labute approximate surface area is 212 Å². The van der Waals surface area contributed by atoms with Gasteiger partial charge in [-0.3, -0.25) is 4.90 Å². The average Bonchev–Trinajstić information content (AvgIpc) is 3.48. The normalized spacial score (nSPS) is 12.1. The number of furan rings is 1. The standard InChI is InChI=1S/C29H33N3O4/c1-4-15-34-21-25(33)18-31(19-27-14-9-16-35-27)20-28-23(3)30-32(24-11-6-5-7-12-24)29(28)36-26-13-8-10-22(2)17-26/h4-14,16-17,25,33H,1,15,18-21H2,2-3H3. The van der Waals surface area contributed by atoms with Crippen LogP contribution in [0, 0.1) is 13.8 Å². The van der Waals surface area contributed by atoms with E-state index in [1.807, 2.05) is 85.3 Å². The van der Waals surface area contributed by atoms with Gasteiger partial charge in [0, 0.05) is 13.1 Å². The molecule has 7 nitrogen and oxygen atoms in total. The van der Waals surface area contributed by atoms with E-state index in [1.54, 1.807) is 12.3 Å². The molecule has 0 aliphatic heterocycles. The summed E-state index contributed by atoms with van der Waals surface area (Å²) in [5.74, 6) is 2.19. The maximum atomic E-state index is 10.7. The smallest absolute Gasteiger partial charge is 0.227 e. The second-order valence-corrected chi connectivity index (χ2v) is 8.76. The summed E-state index contributed by atoms with van der Waals surface area (Å²) in [6.07, 6.45) is 2.65. The predicted octanol–water partition coefficient (Wildman–Crippen LogP) is 5.44. The van der Waals surface area contributed by atoms with E-state index in [1.165, 1.54) is 0 Å². The maximum absolute atomic E-state index is 10.7. The van der Waals surface area contributed by atoms with E-state index in [4.69, 9.17) is 19.0 Å². The lowest BCUT2D eigenvalue weighted by atomic mass is 10.2. The first-order chi connectivity index (χ1) is 17.5. The minimum Gasteiger partial charge on any atom is -0.468 e. The molecule has 4 aromatic rings. The van der Waals surface area contributed by atoms with Crippen molar-refractivity contribution in [1.29, 1.82) is 0 Å². The van der Waals surface area contributed by atoms with Gasteiger partial charge in [-0.1, -0.05) is 36.4 Å². The van der Waals surface area contributed by atoms with E-state index in [0.29, 0.717) is 32.1 Å². The number of aryl methyl sites for hydroxylation is 2. The number of para-hydroxylation sites is 1. The molecule has 0 saturated heterocycles. The molecular weight excluding hydrogens is 454 g/mol. The molecule has 0 fully saturated rings. The summed E-state index contributed by atoms with van der Waals surface area (Å²) in [5.41, 5.74) is 3.80. The van der Waals surface area contributed by atoms with Crippen LogP contribution in [-0.4, -0.2) is 45.6 Å². The van der Waals surface area contributed by atoms with Gasteiger partial charge in [0.2, 0.25) is 5.88 Å². The number of hydrogen-bond donors (Lipinski definition) is 1. The monoisotopic (exact) mass is 487 g/mol. The maximum Gasteiger partial charge on any atom is 0.227 e. The summed E-state index contributed by atoms with van der Waals surface area (Å²) >= 11 is 0. The largest absolute Gasteiger partial charge is 0.468 e. The first-order valence-corrected chi connectivity index (χ1v) is 12.0. The van der Waals surface area contributed by atoms with Gasteiger partial charge in [0.25, 0.3) is 0 Å². The molecule has 1 atom stereocenters. The second kappa shape index (κ2) is 12.4. The molecular formula is C29H33N3O4. The summed E-state index contributed by atoms with van der Waals surface area (Å²) in [4.78, 5) is 2.11. The molecule has 2 heterocycles. The predicted molar refractivity (Wildman–Crippen MR) is 139 cm³/mol. The highest BCUT2D eigenvalue weighted by Crippen LogP contribution is 2.32. The van der Waals surface area contributed by atoms with Crippen LogP contribution >= 0.6 is 0 Å². The first-order valence-electron chi connectivity index (χ1n) is 12.0. The van der Waals surface area contributed by atoms with Crippen molar-refractivity contribution >= 4 is 0 Å². The van der Waals surface area contributed by atoms with Crippen LogP contribution < -0.4 is 4.74 Å².